The highest BCUT2D eigenvalue weighted by Gasteiger charge is 2.13. The molecule has 2 rings (SSSR count). The Bertz CT molecular complexity index is 565. The quantitative estimate of drug-likeness (QED) is 0.794. The molecule has 0 radical (unpaired) electrons. The number of esters is 1. The second-order valence-corrected chi connectivity index (χ2v) is 5.23. The molecule has 0 atom stereocenters. The summed E-state index contributed by atoms with van der Waals surface area (Å²) >= 11 is 4.92. The highest BCUT2D eigenvalue weighted by Crippen LogP contribution is 2.31. The molecule has 0 spiro atoms. The second kappa shape index (κ2) is 4.98. The Morgan fingerprint density at radius 2 is 2.24 bits per heavy atom. The van der Waals surface area contributed by atoms with Crippen molar-refractivity contribution in [3.8, 4) is 10.6 Å². The van der Waals surface area contributed by atoms with Gasteiger partial charge in [-0.05, 0) is 18.6 Å². The van der Waals surface area contributed by atoms with Gasteiger partial charge in [-0.1, -0.05) is 28.1 Å². The predicted molar refractivity (Wildman–Crippen MR) is 71.3 cm³/mol. The predicted octanol–water partition coefficient (Wildman–Crippen LogP) is 3.67. The molecule has 0 N–H and O–H groups in total. The van der Waals surface area contributed by atoms with E-state index in [1.165, 1.54) is 24.0 Å². The van der Waals surface area contributed by atoms with E-state index in [-0.39, 0.29) is 0 Å². The molecule has 1 aromatic carbocycles. The SMILES string of the molecule is COC(=O)c1csc(-c2ccc(C)cc2Br)n1. The maximum Gasteiger partial charge on any atom is 0.357 e. The Morgan fingerprint density at radius 3 is 2.88 bits per heavy atom. The molecule has 0 saturated heterocycles. The summed E-state index contributed by atoms with van der Waals surface area (Å²) in [6.07, 6.45) is 0. The Balaban J connectivity index is 2.40. The van der Waals surface area contributed by atoms with Gasteiger partial charge in [0.2, 0.25) is 0 Å². The number of aryl methyl sites for hydroxylation is 1. The smallest absolute Gasteiger partial charge is 0.357 e. The molecule has 1 aromatic heterocycles. The number of ether oxygens (including phenoxy) is 1. The number of rotatable bonds is 2. The summed E-state index contributed by atoms with van der Waals surface area (Å²) in [5, 5.41) is 2.50. The van der Waals surface area contributed by atoms with E-state index in [4.69, 9.17) is 0 Å². The molecule has 0 aliphatic carbocycles. The standard InChI is InChI=1S/C12H10BrNO2S/c1-7-3-4-8(9(13)5-7)11-14-10(6-17-11)12(15)16-2/h3-6H,1-2H3. The van der Waals surface area contributed by atoms with Gasteiger partial charge in [0, 0.05) is 15.4 Å². The zero-order valence-corrected chi connectivity index (χ0v) is 11.8. The van der Waals surface area contributed by atoms with E-state index in [9.17, 15) is 4.79 Å². The molecule has 0 saturated carbocycles. The first-order valence-corrected chi connectivity index (χ1v) is 6.59. The number of methoxy groups -OCH3 is 1. The minimum atomic E-state index is -0.407. The van der Waals surface area contributed by atoms with Gasteiger partial charge in [0.05, 0.1) is 7.11 Å². The number of thiazole rings is 1. The van der Waals surface area contributed by atoms with Crippen LogP contribution in [0.15, 0.2) is 28.1 Å². The zero-order valence-electron chi connectivity index (χ0n) is 9.36. The van der Waals surface area contributed by atoms with Crippen molar-refractivity contribution >= 4 is 33.2 Å². The number of aromatic nitrogens is 1. The average molecular weight is 312 g/mol. The third kappa shape index (κ3) is 2.56. The van der Waals surface area contributed by atoms with Gasteiger partial charge in [-0.2, -0.15) is 0 Å². The molecular formula is C12H10BrNO2S. The van der Waals surface area contributed by atoms with Crippen molar-refractivity contribution in [2.24, 2.45) is 0 Å². The molecule has 0 fully saturated rings. The lowest BCUT2D eigenvalue weighted by Crippen LogP contribution is -2.00. The van der Waals surface area contributed by atoms with Crippen LogP contribution in [0.2, 0.25) is 0 Å². The molecule has 0 bridgehead atoms. The van der Waals surface area contributed by atoms with Gasteiger partial charge in [-0.15, -0.1) is 11.3 Å². The van der Waals surface area contributed by atoms with E-state index in [2.05, 4.69) is 25.7 Å². The summed E-state index contributed by atoms with van der Waals surface area (Å²) in [7, 11) is 1.35. The Kier molecular flexibility index (Phi) is 3.59. The van der Waals surface area contributed by atoms with Gasteiger partial charge in [0.15, 0.2) is 5.69 Å². The lowest BCUT2D eigenvalue weighted by atomic mass is 10.2. The molecule has 0 aliphatic heterocycles. The summed E-state index contributed by atoms with van der Waals surface area (Å²) in [4.78, 5) is 15.6. The lowest BCUT2D eigenvalue weighted by Gasteiger charge is -2.01. The van der Waals surface area contributed by atoms with E-state index in [0.29, 0.717) is 5.69 Å². The molecule has 17 heavy (non-hydrogen) atoms. The van der Waals surface area contributed by atoms with Crippen LogP contribution in [-0.4, -0.2) is 18.1 Å². The van der Waals surface area contributed by atoms with Crippen LogP contribution in [0, 0.1) is 6.92 Å². The Hall–Kier alpha value is -1.20. The molecule has 3 nitrogen and oxygen atoms in total. The van der Waals surface area contributed by atoms with Crippen molar-refractivity contribution < 1.29 is 9.53 Å². The second-order valence-electron chi connectivity index (χ2n) is 3.51. The van der Waals surface area contributed by atoms with Crippen LogP contribution in [0.5, 0.6) is 0 Å². The zero-order chi connectivity index (χ0) is 12.4. The van der Waals surface area contributed by atoms with Gasteiger partial charge in [-0.3, -0.25) is 0 Å². The van der Waals surface area contributed by atoms with Crippen molar-refractivity contribution in [3.05, 3.63) is 39.3 Å². The number of benzene rings is 1. The Labute approximate surface area is 112 Å². The summed E-state index contributed by atoms with van der Waals surface area (Å²) in [5.41, 5.74) is 2.50. The van der Waals surface area contributed by atoms with Gasteiger partial charge in [0.1, 0.15) is 5.01 Å². The summed E-state index contributed by atoms with van der Waals surface area (Å²) in [6.45, 7) is 2.02. The van der Waals surface area contributed by atoms with Crippen molar-refractivity contribution in [3.63, 3.8) is 0 Å². The van der Waals surface area contributed by atoms with Gasteiger partial charge in [0.25, 0.3) is 0 Å². The van der Waals surface area contributed by atoms with Crippen LogP contribution in [0.25, 0.3) is 10.6 Å². The number of nitrogens with zero attached hydrogens (tertiary/aromatic N) is 1. The molecule has 0 unspecified atom stereocenters. The Morgan fingerprint density at radius 1 is 1.47 bits per heavy atom. The van der Waals surface area contributed by atoms with E-state index in [1.807, 2.05) is 25.1 Å². The molecule has 0 amide bonds. The highest BCUT2D eigenvalue weighted by atomic mass is 79.9. The fraction of sp³-hybridized carbons (Fsp3) is 0.167. The minimum absolute atomic E-state index is 0.347. The first-order chi connectivity index (χ1) is 8.11. The molecule has 0 aliphatic rings. The number of halogens is 1. The minimum Gasteiger partial charge on any atom is -0.464 e. The molecule has 88 valence electrons. The fourth-order valence-electron chi connectivity index (χ4n) is 1.39. The average Bonchev–Trinajstić information content (AvgIpc) is 2.77. The monoisotopic (exact) mass is 311 g/mol. The van der Waals surface area contributed by atoms with Crippen LogP contribution < -0.4 is 0 Å². The van der Waals surface area contributed by atoms with Crippen LogP contribution in [0.3, 0.4) is 0 Å². The van der Waals surface area contributed by atoms with E-state index >= 15 is 0 Å². The number of carbonyl (C=O) groups is 1. The van der Waals surface area contributed by atoms with Gasteiger partial charge >= 0.3 is 5.97 Å². The number of carbonyl (C=O) groups excluding carboxylic acids is 1. The third-order valence-electron chi connectivity index (χ3n) is 2.25. The maximum atomic E-state index is 11.3. The summed E-state index contributed by atoms with van der Waals surface area (Å²) < 4.78 is 5.60. The van der Waals surface area contributed by atoms with Crippen LogP contribution in [0.4, 0.5) is 0 Å². The van der Waals surface area contributed by atoms with Crippen LogP contribution in [0.1, 0.15) is 16.1 Å². The van der Waals surface area contributed by atoms with Crippen molar-refractivity contribution in [2.75, 3.05) is 7.11 Å². The largest absolute Gasteiger partial charge is 0.464 e. The maximum absolute atomic E-state index is 11.3. The van der Waals surface area contributed by atoms with E-state index in [1.54, 1.807) is 5.38 Å². The number of hydrogen-bond donors (Lipinski definition) is 0. The fourth-order valence-corrected chi connectivity index (χ4v) is 3.03. The topological polar surface area (TPSA) is 39.2 Å². The van der Waals surface area contributed by atoms with Crippen LogP contribution in [-0.2, 0) is 4.74 Å². The summed E-state index contributed by atoms with van der Waals surface area (Å²) in [5.74, 6) is -0.407. The van der Waals surface area contributed by atoms with Crippen molar-refractivity contribution in [2.45, 2.75) is 6.92 Å². The van der Waals surface area contributed by atoms with Gasteiger partial charge < -0.3 is 4.74 Å². The lowest BCUT2D eigenvalue weighted by molar-refractivity contribution is 0.0595. The first kappa shape index (κ1) is 12.3. The normalized spacial score (nSPS) is 10.3. The summed E-state index contributed by atoms with van der Waals surface area (Å²) in [6, 6.07) is 6.02. The molecule has 2 aromatic rings. The molecular weight excluding hydrogens is 302 g/mol. The van der Waals surface area contributed by atoms with Crippen LogP contribution >= 0.6 is 27.3 Å². The molecule has 5 heteroatoms. The third-order valence-corrected chi connectivity index (χ3v) is 3.79. The first-order valence-electron chi connectivity index (χ1n) is 4.92. The number of hydrogen-bond acceptors (Lipinski definition) is 4. The van der Waals surface area contributed by atoms with Crippen molar-refractivity contribution in [1.29, 1.82) is 0 Å². The highest BCUT2D eigenvalue weighted by molar-refractivity contribution is 9.10. The van der Waals surface area contributed by atoms with E-state index < -0.39 is 5.97 Å². The van der Waals surface area contributed by atoms with Crippen molar-refractivity contribution in [1.82, 2.24) is 4.98 Å². The van der Waals surface area contributed by atoms with Gasteiger partial charge in [-0.25, -0.2) is 9.78 Å². The van der Waals surface area contributed by atoms with E-state index in [0.717, 1.165) is 15.0 Å². The molecule has 1 heterocycles.